The molecule has 0 atom stereocenters. The molecule has 1 saturated heterocycles. The molecule has 2 heterocycles. The lowest BCUT2D eigenvalue weighted by atomic mass is 10.1. The summed E-state index contributed by atoms with van der Waals surface area (Å²) < 4.78 is 6.28. The number of nitro benzene ring substituents is 1. The predicted octanol–water partition coefficient (Wildman–Crippen LogP) is 3.60. The normalized spacial score (nSPS) is 14.2. The van der Waals surface area contributed by atoms with Gasteiger partial charge in [0.05, 0.1) is 33.4 Å². The first-order chi connectivity index (χ1) is 13.5. The van der Waals surface area contributed by atoms with Gasteiger partial charge in [0, 0.05) is 30.4 Å². The molecule has 1 aliphatic rings. The number of carbonyl (C=O) groups is 1. The Kier molecular flexibility index (Phi) is 4.93. The quantitative estimate of drug-likeness (QED) is 0.533. The molecule has 0 aliphatic carbocycles. The molecule has 1 aromatic heterocycles. The van der Waals surface area contributed by atoms with E-state index < -0.39 is 10.8 Å². The largest absolute Gasteiger partial charge is 0.378 e. The number of aromatic nitrogens is 1. The number of carbonyl (C=O) groups excluding carboxylic acids is 1. The van der Waals surface area contributed by atoms with Crippen LogP contribution < -0.4 is 10.2 Å². The maximum Gasteiger partial charge on any atom is 0.293 e. The monoisotopic (exact) mass is 398 g/mol. The summed E-state index contributed by atoms with van der Waals surface area (Å²) in [6.07, 6.45) is 0. The number of anilines is 2. The van der Waals surface area contributed by atoms with Crippen LogP contribution in [0.5, 0.6) is 0 Å². The van der Waals surface area contributed by atoms with E-state index in [9.17, 15) is 14.9 Å². The van der Waals surface area contributed by atoms with Crippen molar-refractivity contribution in [3.63, 3.8) is 0 Å². The van der Waals surface area contributed by atoms with Crippen LogP contribution in [0.15, 0.2) is 36.4 Å². The maximum atomic E-state index is 12.6. The Balaban J connectivity index is 1.59. The molecule has 9 heteroatoms. The Morgan fingerprint density at radius 1 is 1.25 bits per heavy atom. The fraction of sp³-hybridized carbons (Fsp3) is 0.263. The van der Waals surface area contributed by atoms with Gasteiger partial charge in [0.15, 0.2) is 0 Å². The number of fused-ring (bicyclic) bond motifs is 1. The minimum atomic E-state index is -0.451. The molecule has 4 rings (SSSR count). The van der Waals surface area contributed by atoms with E-state index in [1.54, 1.807) is 29.5 Å². The molecular weight excluding hydrogens is 380 g/mol. The van der Waals surface area contributed by atoms with Gasteiger partial charge in [-0.3, -0.25) is 14.9 Å². The lowest BCUT2D eigenvalue weighted by Gasteiger charge is -2.28. The number of ether oxygens (including phenoxy) is 1. The number of morpholine rings is 1. The number of benzene rings is 2. The summed E-state index contributed by atoms with van der Waals surface area (Å²) in [5.74, 6) is -0.391. The van der Waals surface area contributed by atoms with Gasteiger partial charge in [-0.05, 0) is 37.3 Å². The van der Waals surface area contributed by atoms with Crippen LogP contribution in [0.25, 0.3) is 10.2 Å². The number of nitro groups is 1. The lowest BCUT2D eigenvalue weighted by molar-refractivity contribution is -0.384. The molecule has 28 heavy (non-hydrogen) atoms. The van der Waals surface area contributed by atoms with Crippen LogP contribution >= 0.6 is 11.3 Å². The van der Waals surface area contributed by atoms with E-state index in [0.717, 1.165) is 15.2 Å². The molecule has 0 saturated carbocycles. The third-order valence-corrected chi connectivity index (χ3v) is 5.47. The van der Waals surface area contributed by atoms with Crippen molar-refractivity contribution in [3.05, 3.63) is 57.1 Å². The summed E-state index contributed by atoms with van der Waals surface area (Å²) in [5.41, 5.74) is 2.17. The number of thiazole rings is 1. The van der Waals surface area contributed by atoms with Gasteiger partial charge in [-0.2, -0.15) is 0 Å². The number of amides is 1. The van der Waals surface area contributed by atoms with Gasteiger partial charge in [0.2, 0.25) is 0 Å². The summed E-state index contributed by atoms with van der Waals surface area (Å²) in [7, 11) is 0. The smallest absolute Gasteiger partial charge is 0.293 e. The maximum absolute atomic E-state index is 12.6. The highest BCUT2D eigenvalue weighted by atomic mass is 32.1. The Bertz CT molecular complexity index is 1060. The molecule has 8 nitrogen and oxygen atoms in total. The van der Waals surface area contributed by atoms with E-state index >= 15 is 0 Å². The molecule has 0 radical (unpaired) electrons. The Labute approximate surface area is 164 Å². The van der Waals surface area contributed by atoms with E-state index in [1.165, 1.54) is 6.07 Å². The van der Waals surface area contributed by atoms with Crippen molar-refractivity contribution in [2.45, 2.75) is 6.92 Å². The molecule has 144 valence electrons. The number of hydrogen-bond acceptors (Lipinski definition) is 7. The number of aryl methyl sites for hydroxylation is 1. The van der Waals surface area contributed by atoms with Crippen molar-refractivity contribution in [2.24, 2.45) is 0 Å². The average Bonchev–Trinajstić information content (AvgIpc) is 3.07. The number of hydrogen-bond donors (Lipinski definition) is 1. The third-order valence-electron chi connectivity index (χ3n) is 4.54. The summed E-state index contributed by atoms with van der Waals surface area (Å²) in [4.78, 5) is 30.0. The van der Waals surface area contributed by atoms with Crippen LogP contribution in [0.3, 0.4) is 0 Å². The number of rotatable bonds is 4. The van der Waals surface area contributed by atoms with E-state index in [4.69, 9.17) is 4.74 Å². The first-order valence-electron chi connectivity index (χ1n) is 8.81. The van der Waals surface area contributed by atoms with Crippen molar-refractivity contribution >= 4 is 44.5 Å². The van der Waals surface area contributed by atoms with Crippen molar-refractivity contribution in [2.75, 3.05) is 36.5 Å². The molecule has 1 N–H and O–H groups in total. The molecular formula is C19H18N4O4S. The molecule has 1 amide bonds. The fourth-order valence-corrected chi connectivity index (χ4v) is 4.07. The number of nitrogens with one attached hydrogen (secondary N) is 1. The van der Waals surface area contributed by atoms with Crippen LogP contribution in [0, 0.1) is 17.0 Å². The standard InChI is InChI=1S/C19H18N4O4S/c1-12-20-15-4-3-14(11-18(15)28-12)21-19(24)13-2-5-16(17(10-13)23(25)26)22-6-8-27-9-7-22/h2-5,10-11H,6-9H2,1H3,(H,21,24). The van der Waals surface area contributed by atoms with Crippen molar-refractivity contribution in [1.82, 2.24) is 4.98 Å². The van der Waals surface area contributed by atoms with Crippen LogP contribution in [0.4, 0.5) is 17.1 Å². The Morgan fingerprint density at radius 2 is 2.04 bits per heavy atom. The van der Waals surface area contributed by atoms with Crippen LogP contribution in [0.1, 0.15) is 15.4 Å². The fourth-order valence-electron chi connectivity index (χ4n) is 3.20. The van der Waals surface area contributed by atoms with Crippen molar-refractivity contribution in [1.29, 1.82) is 0 Å². The van der Waals surface area contributed by atoms with Gasteiger partial charge < -0.3 is 15.0 Å². The van der Waals surface area contributed by atoms with Crippen LogP contribution in [0.2, 0.25) is 0 Å². The second kappa shape index (κ2) is 7.53. The van der Waals surface area contributed by atoms with Crippen LogP contribution in [-0.2, 0) is 4.74 Å². The van der Waals surface area contributed by atoms with Gasteiger partial charge in [-0.15, -0.1) is 11.3 Å². The van der Waals surface area contributed by atoms with E-state index in [1.807, 2.05) is 24.0 Å². The Morgan fingerprint density at radius 3 is 2.79 bits per heavy atom. The van der Waals surface area contributed by atoms with Gasteiger partial charge in [-0.1, -0.05) is 0 Å². The molecule has 1 fully saturated rings. The Hall–Kier alpha value is -3.04. The number of nitrogens with zero attached hydrogens (tertiary/aromatic N) is 3. The summed E-state index contributed by atoms with van der Waals surface area (Å²) in [6, 6.07) is 10.1. The molecule has 2 aromatic carbocycles. The van der Waals surface area contributed by atoms with Gasteiger partial charge in [0.25, 0.3) is 11.6 Å². The zero-order valence-electron chi connectivity index (χ0n) is 15.2. The second-order valence-electron chi connectivity index (χ2n) is 6.43. The van der Waals surface area contributed by atoms with Gasteiger partial charge >= 0.3 is 0 Å². The highest BCUT2D eigenvalue weighted by molar-refractivity contribution is 7.18. The first kappa shape index (κ1) is 18.3. The van der Waals surface area contributed by atoms with Gasteiger partial charge in [-0.25, -0.2) is 4.98 Å². The molecule has 1 aliphatic heterocycles. The lowest BCUT2D eigenvalue weighted by Crippen LogP contribution is -2.36. The minimum Gasteiger partial charge on any atom is -0.378 e. The van der Waals surface area contributed by atoms with Gasteiger partial charge in [0.1, 0.15) is 5.69 Å². The molecule has 3 aromatic rings. The predicted molar refractivity (Wildman–Crippen MR) is 108 cm³/mol. The molecule has 0 unspecified atom stereocenters. The topological polar surface area (TPSA) is 97.6 Å². The van der Waals surface area contributed by atoms with Crippen molar-refractivity contribution in [3.8, 4) is 0 Å². The highest BCUT2D eigenvalue weighted by Gasteiger charge is 2.23. The summed E-state index contributed by atoms with van der Waals surface area (Å²) >= 11 is 1.55. The second-order valence-corrected chi connectivity index (χ2v) is 7.66. The summed E-state index contributed by atoms with van der Waals surface area (Å²) in [6.45, 7) is 4.15. The molecule has 0 bridgehead atoms. The summed E-state index contributed by atoms with van der Waals surface area (Å²) in [5, 5.41) is 15.3. The zero-order chi connectivity index (χ0) is 19.7. The average molecular weight is 398 g/mol. The minimum absolute atomic E-state index is 0.0805. The van der Waals surface area contributed by atoms with E-state index in [-0.39, 0.29) is 11.3 Å². The van der Waals surface area contributed by atoms with E-state index in [0.29, 0.717) is 37.7 Å². The third kappa shape index (κ3) is 3.67. The van der Waals surface area contributed by atoms with E-state index in [2.05, 4.69) is 10.3 Å². The SMILES string of the molecule is Cc1nc2ccc(NC(=O)c3ccc(N4CCOCC4)c([N+](=O)[O-])c3)cc2s1. The zero-order valence-corrected chi connectivity index (χ0v) is 16.0. The molecule has 0 spiro atoms. The highest BCUT2D eigenvalue weighted by Crippen LogP contribution is 2.30. The first-order valence-corrected chi connectivity index (χ1v) is 9.62. The van der Waals surface area contributed by atoms with Crippen molar-refractivity contribution < 1.29 is 14.5 Å². The van der Waals surface area contributed by atoms with Crippen LogP contribution in [-0.4, -0.2) is 42.1 Å².